The molecule has 2 aliphatic heterocycles. The minimum Gasteiger partial charge on any atom is -0.371 e. The number of hydrogen-bond acceptors (Lipinski definition) is 3. The summed E-state index contributed by atoms with van der Waals surface area (Å²) in [6, 6.07) is 14.5. The van der Waals surface area contributed by atoms with Crippen LogP contribution in [-0.2, 0) is 4.79 Å². The number of nitrogens with zero attached hydrogens (tertiary/aromatic N) is 3. The van der Waals surface area contributed by atoms with Gasteiger partial charge in [0, 0.05) is 44.8 Å². The van der Waals surface area contributed by atoms with Crippen molar-refractivity contribution in [3.8, 4) is 0 Å². The van der Waals surface area contributed by atoms with Crippen molar-refractivity contribution in [2.75, 3.05) is 31.6 Å². The zero-order valence-corrected chi connectivity index (χ0v) is 14.8. The van der Waals surface area contributed by atoms with Crippen molar-refractivity contribution >= 4 is 11.6 Å². The van der Waals surface area contributed by atoms with Crippen molar-refractivity contribution in [1.29, 1.82) is 0 Å². The number of carbonyl (C=O) groups excluding carboxylic acids is 1. The maximum atomic E-state index is 12.7. The summed E-state index contributed by atoms with van der Waals surface area (Å²) in [4.78, 5) is 21.3. The zero-order chi connectivity index (χ0) is 17.3. The Balaban J connectivity index is 1.52. The molecule has 0 aliphatic carbocycles. The third-order valence-corrected chi connectivity index (χ3v) is 5.94. The molecule has 0 N–H and O–H groups in total. The Morgan fingerprint density at radius 2 is 1.72 bits per heavy atom. The topological polar surface area (TPSA) is 36.4 Å². The molecule has 1 spiro atoms. The lowest BCUT2D eigenvalue weighted by molar-refractivity contribution is -0.138. The van der Waals surface area contributed by atoms with Crippen molar-refractivity contribution < 1.29 is 4.79 Å². The minimum atomic E-state index is 0.00688. The lowest BCUT2D eigenvalue weighted by Gasteiger charge is -2.49. The fraction of sp³-hybridized carbons (Fsp3) is 0.429. The Labute approximate surface area is 149 Å². The van der Waals surface area contributed by atoms with Crippen molar-refractivity contribution in [2.24, 2.45) is 5.41 Å². The van der Waals surface area contributed by atoms with Gasteiger partial charge in [-0.05, 0) is 42.4 Å². The van der Waals surface area contributed by atoms with Gasteiger partial charge in [0.25, 0.3) is 0 Å². The number of anilines is 1. The van der Waals surface area contributed by atoms with E-state index in [1.807, 2.05) is 42.5 Å². The van der Waals surface area contributed by atoms with E-state index in [2.05, 4.69) is 34.1 Å². The number of pyridine rings is 1. The third-order valence-electron chi connectivity index (χ3n) is 5.94. The Kier molecular flexibility index (Phi) is 4.20. The molecule has 1 aromatic heterocycles. The summed E-state index contributed by atoms with van der Waals surface area (Å²) >= 11 is 0. The normalized spacial score (nSPS) is 23.1. The molecule has 0 radical (unpaired) electrons. The second kappa shape index (κ2) is 6.51. The molecule has 2 saturated heterocycles. The molecule has 1 amide bonds. The first-order valence-corrected chi connectivity index (χ1v) is 9.12. The van der Waals surface area contributed by atoms with Gasteiger partial charge in [-0.15, -0.1) is 0 Å². The van der Waals surface area contributed by atoms with Crippen molar-refractivity contribution in [2.45, 2.75) is 25.2 Å². The summed E-state index contributed by atoms with van der Waals surface area (Å²) in [7, 11) is 1.97. The van der Waals surface area contributed by atoms with Crippen LogP contribution in [0.4, 0.5) is 5.69 Å². The zero-order valence-electron chi connectivity index (χ0n) is 14.8. The maximum Gasteiger partial charge on any atom is 0.229 e. The van der Waals surface area contributed by atoms with Crippen LogP contribution in [0.3, 0.4) is 0 Å². The lowest BCUT2D eigenvalue weighted by atomic mass is 9.67. The van der Waals surface area contributed by atoms with Crippen molar-refractivity contribution in [1.82, 2.24) is 9.88 Å². The molecular weight excluding hydrogens is 310 g/mol. The van der Waals surface area contributed by atoms with Crippen LogP contribution in [-0.4, -0.2) is 42.5 Å². The van der Waals surface area contributed by atoms with E-state index in [4.69, 9.17) is 0 Å². The average molecular weight is 335 g/mol. The molecule has 25 heavy (non-hydrogen) atoms. The Hall–Kier alpha value is -2.36. The second-order valence-corrected chi connectivity index (χ2v) is 7.55. The first-order valence-electron chi connectivity index (χ1n) is 9.12. The summed E-state index contributed by atoms with van der Waals surface area (Å²) < 4.78 is 0. The van der Waals surface area contributed by atoms with Gasteiger partial charge in [0.05, 0.1) is 5.92 Å². The van der Waals surface area contributed by atoms with E-state index < -0.39 is 0 Å². The van der Waals surface area contributed by atoms with E-state index in [1.54, 1.807) is 0 Å². The molecular formula is C21H25N3O. The number of rotatable bonds is 2. The van der Waals surface area contributed by atoms with E-state index in [9.17, 15) is 4.79 Å². The van der Waals surface area contributed by atoms with E-state index in [1.165, 1.54) is 5.69 Å². The highest BCUT2D eigenvalue weighted by Gasteiger charge is 2.45. The standard InChI is InChI=1S/C21H25N3O/c1-23-16-21(15-19(20(23)25)17-5-3-2-4-6-17)9-13-24(14-10-21)18-7-11-22-12-8-18/h2-8,11-12,19H,9-10,13-16H2,1H3/t19-/m1/s1. The number of amides is 1. The quantitative estimate of drug-likeness (QED) is 0.845. The highest BCUT2D eigenvalue weighted by molar-refractivity contribution is 5.84. The molecule has 130 valence electrons. The lowest BCUT2D eigenvalue weighted by Crippen LogP contribution is -2.52. The maximum absolute atomic E-state index is 12.7. The first kappa shape index (κ1) is 16.1. The van der Waals surface area contributed by atoms with Gasteiger partial charge in [0.1, 0.15) is 0 Å². The molecule has 2 aliphatic rings. The molecule has 4 nitrogen and oxygen atoms in total. The minimum absolute atomic E-state index is 0.00688. The highest BCUT2D eigenvalue weighted by atomic mass is 16.2. The van der Waals surface area contributed by atoms with Crippen LogP contribution in [0.15, 0.2) is 54.9 Å². The average Bonchev–Trinajstić information content (AvgIpc) is 2.67. The van der Waals surface area contributed by atoms with Gasteiger partial charge in [-0.25, -0.2) is 0 Å². The highest BCUT2D eigenvalue weighted by Crippen LogP contribution is 2.45. The largest absolute Gasteiger partial charge is 0.371 e. The van der Waals surface area contributed by atoms with E-state index in [0.717, 1.165) is 44.5 Å². The summed E-state index contributed by atoms with van der Waals surface area (Å²) in [6.45, 7) is 2.99. The van der Waals surface area contributed by atoms with Crippen LogP contribution in [0.5, 0.6) is 0 Å². The van der Waals surface area contributed by atoms with Crippen molar-refractivity contribution in [3.05, 3.63) is 60.4 Å². The number of likely N-dealkylation sites (tertiary alicyclic amines) is 1. The van der Waals surface area contributed by atoms with Gasteiger partial charge >= 0.3 is 0 Å². The summed E-state index contributed by atoms with van der Waals surface area (Å²) in [5.41, 5.74) is 2.66. The monoisotopic (exact) mass is 335 g/mol. The summed E-state index contributed by atoms with van der Waals surface area (Å²) in [5.74, 6) is 0.279. The molecule has 4 rings (SSSR count). The van der Waals surface area contributed by atoms with Gasteiger partial charge in [-0.3, -0.25) is 9.78 Å². The Bertz CT molecular complexity index is 723. The van der Waals surface area contributed by atoms with Gasteiger partial charge in [-0.1, -0.05) is 30.3 Å². The number of carbonyl (C=O) groups is 1. The Morgan fingerprint density at radius 1 is 1.04 bits per heavy atom. The fourth-order valence-corrected chi connectivity index (χ4v) is 4.53. The summed E-state index contributed by atoms with van der Waals surface area (Å²) in [5, 5.41) is 0. The predicted octanol–water partition coefficient (Wildman–Crippen LogP) is 3.31. The summed E-state index contributed by atoms with van der Waals surface area (Å²) in [6.07, 6.45) is 6.97. The van der Waals surface area contributed by atoms with Gasteiger partial charge in [0.15, 0.2) is 0 Å². The Morgan fingerprint density at radius 3 is 2.40 bits per heavy atom. The van der Waals surface area contributed by atoms with Gasteiger partial charge in [-0.2, -0.15) is 0 Å². The molecule has 0 unspecified atom stereocenters. The molecule has 0 bridgehead atoms. The van der Waals surface area contributed by atoms with Gasteiger partial charge < -0.3 is 9.80 Å². The SMILES string of the molecule is CN1CC2(CCN(c3ccncc3)CC2)C[C@H](c2ccccc2)C1=O. The molecule has 2 fully saturated rings. The number of piperidine rings is 2. The molecule has 1 atom stereocenters. The molecule has 1 aromatic carbocycles. The number of hydrogen-bond donors (Lipinski definition) is 0. The van der Waals surface area contributed by atoms with E-state index in [0.29, 0.717) is 0 Å². The smallest absolute Gasteiger partial charge is 0.229 e. The molecule has 3 heterocycles. The number of benzene rings is 1. The van der Waals surface area contributed by atoms with Crippen LogP contribution in [0.1, 0.15) is 30.7 Å². The van der Waals surface area contributed by atoms with Crippen LogP contribution in [0, 0.1) is 5.41 Å². The predicted molar refractivity (Wildman–Crippen MR) is 99.6 cm³/mol. The van der Waals surface area contributed by atoms with Crippen molar-refractivity contribution in [3.63, 3.8) is 0 Å². The van der Waals surface area contributed by atoms with Gasteiger partial charge in [0.2, 0.25) is 5.91 Å². The second-order valence-electron chi connectivity index (χ2n) is 7.55. The molecule has 2 aromatic rings. The van der Waals surface area contributed by atoms with E-state index >= 15 is 0 Å². The first-order chi connectivity index (χ1) is 12.2. The van der Waals surface area contributed by atoms with Crippen LogP contribution < -0.4 is 4.90 Å². The molecule has 0 saturated carbocycles. The third kappa shape index (κ3) is 3.13. The number of likely N-dealkylation sites (N-methyl/N-ethyl adjacent to an activating group) is 1. The van der Waals surface area contributed by atoms with E-state index in [-0.39, 0.29) is 17.2 Å². The molecule has 4 heteroatoms. The fourth-order valence-electron chi connectivity index (χ4n) is 4.53. The van der Waals surface area contributed by atoms with Crippen LogP contribution in [0.2, 0.25) is 0 Å². The van der Waals surface area contributed by atoms with Crippen LogP contribution in [0.25, 0.3) is 0 Å². The number of aromatic nitrogens is 1. The van der Waals surface area contributed by atoms with Crippen LogP contribution >= 0.6 is 0 Å².